The van der Waals surface area contributed by atoms with Gasteiger partial charge >= 0.3 is 12.2 Å². The van der Waals surface area contributed by atoms with Gasteiger partial charge in [0.25, 0.3) is 0 Å². The zero-order valence-electron chi connectivity index (χ0n) is 49.5. The third kappa shape index (κ3) is 13.5. The lowest BCUT2D eigenvalue weighted by Crippen LogP contribution is -2.53. The van der Waals surface area contributed by atoms with Gasteiger partial charge in [-0.25, -0.2) is 22.8 Å². The van der Waals surface area contributed by atoms with Crippen molar-refractivity contribution in [2.45, 2.75) is 94.2 Å². The average molecular weight is 1190 g/mol. The molecule has 12 heterocycles. The maximum atomic E-state index is 13.6. The molecule has 454 valence electrons. The van der Waals surface area contributed by atoms with Gasteiger partial charge in [0.1, 0.15) is 29.7 Å². The number of ether oxygens (including phenoxy) is 2. The normalized spacial score (nSPS) is 27.5. The lowest BCUT2D eigenvalue weighted by Gasteiger charge is -2.45. The van der Waals surface area contributed by atoms with Gasteiger partial charge in [-0.2, -0.15) is 15.8 Å². The SMILES string of the molecule is N#Cc1ccc2c(c1)CCN(C(=O)O[C@@H]1CN3CCC1CC3)[C@@H]2c1ccc(F)cc1.N#Cc1ccc2c(c1)CCN(C(=O)O[C@@H]1CN3CCC1CC3)[C@H]2c1ccc(F)cc1.N#Cc1ccc2c(c1)CCNC2c1ccc(F)cc1.O[C@@H]1CN2CCC1CC2. The number of carbonyl (C=O) groups is 2. The van der Waals surface area contributed by atoms with Gasteiger partial charge in [-0.15, -0.1) is 0 Å². The summed E-state index contributed by atoms with van der Waals surface area (Å²) < 4.78 is 52.1. The van der Waals surface area contributed by atoms with Gasteiger partial charge in [-0.05, 0) is 238 Å². The molecule has 6 bridgehead atoms. The number of piperidine rings is 9. The van der Waals surface area contributed by atoms with Crippen LogP contribution in [0.3, 0.4) is 0 Å². The van der Waals surface area contributed by atoms with Gasteiger partial charge in [-0.3, -0.25) is 19.6 Å². The molecule has 6 aromatic rings. The first-order valence-electron chi connectivity index (χ1n) is 31.3. The van der Waals surface area contributed by atoms with Gasteiger partial charge in [0.05, 0.1) is 59.1 Å². The maximum absolute atomic E-state index is 13.6. The minimum atomic E-state index is -0.351. The summed E-state index contributed by atoms with van der Waals surface area (Å²) in [4.78, 5) is 37.2. The van der Waals surface area contributed by atoms with Crippen molar-refractivity contribution in [3.63, 3.8) is 0 Å². The number of carbonyl (C=O) groups excluding carboxylic acids is 2. The molecule has 6 aromatic carbocycles. The quantitative estimate of drug-likeness (QED) is 0.168. The Morgan fingerprint density at radius 3 is 1.16 bits per heavy atom. The molecule has 88 heavy (non-hydrogen) atoms. The fourth-order valence-corrected chi connectivity index (χ4v) is 14.8. The minimum Gasteiger partial charge on any atom is -0.444 e. The Morgan fingerprint density at radius 1 is 0.455 bits per heavy atom. The summed E-state index contributed by atoms with van der Waals surface area (Å²) in [5.41, 5.74) is 11.1. The maximum Gasteiger partial charge on any atom is 0.410 e. The lowest BCUT2D eigenvalue weighted by atomic mass is 9.86. The Labute approximate surface area is 513 Å². The fourth-order valence-electron chi connectivity index (χ4n) is 14.8. The van der Waals surface area contributed by atoms with E-state index in [-0.39, 0.29) is 66.1 Å². The molecule has 14 nitrogen and oxygen atoms in total. The number of hydrogen-bond acceptors (Lipinski definition) is 12. The molecule has 2 amide bonds. The van der Waals surface area contributed by atoms with Crippen LogP contribution >= 0.6 is 0 Å². The molecule has 12 aliphatic rings. The summed E-state index contributed by atoms with van der Waals surface area (Å²) >= 11 is 0. The van der Waals surface area contributed by atoms with Crippen LogP contribution in [0.5, 0.6) is 0 Å². The number of benzene rings is 6. The van der Waals surface area contributed by atoms with E-state index in [1.54, 1.807) is 58.3 Å². The number of aliphatic hydroxyl groups is 1. The second kappa shape index (κ2) is 27.1. The Morgan fingerprint density at radius 2 is 0.818 bits per heavy atom. The van der Waals surface area contributed by atoms with E-state index in [9.17, 15) is 38.4 Å². The number of halogens is 3. The highest BCUT2D eigenvalue weighted by molar-refractivity contribution is 5.71. The van der Waals surface area contributed by atoms with E-state index in [0.717, 1.165) is 123 Å². The van der Waals surface area contributed by atoms with Crippen molar-refractivity contribution >= 4 is 12.2 Å². The molecule has 17 heteroatoms. The predicted octanol–water partition coefficient (Wildman–Crippen LogP) is 10.8. The lowest BCUT2D eigenvalue weighted by molar-refractivity contribution is -0.0465. The number of nitriles is 3. The summed E-state index contributed by atoms with van der Waals surface area (Å²) in [6.07, 6.45) is 8.29. The monoisotopic (exact) mass is 1190 g/mol. The minimum absolute atomic E-state index is 0.00694. The summed E-state index contributed by atoms with van der Waals surface area (Å²) in [6.45, 7) is 11.3. The van der Waals surface area contributed by atoms with Crippen molar-refractivity contribution in [1.29, 1.82) is 15.8 Å². The number of rotatable bonds is 5. The largest absolute Gasteiger partial charge is 0.444 e. The Kier molecular flexibility index (Phi) is 18.6. The first kappa shape index (κ1) is 60.2. The smallest absolute Gasteiger partial charge is 0.410 e. The standard InChI is InChI=1S/2C24H24FN3O2.C16H13FN2.C7H13NO/c2*25-20-4-2-18(3-5-20)23-21-6-1-16(14-26)13-19(21)9-12-28(23)24(29)30-22-15-27-10-7-17(22)8-11-27;17-14-4-2-12(3-5-14)16-15-6-1-11(10-18)9-13(15)7-8-19-16;9-7-5-8-3-1-6(7)2-4-8/h2*1-6,13,17,22-23H,7-12,15H2;1-6,9,16,19H,7-8H2;6-7,9H,1-5H2/t22-,23+;22-,23-;;7-/m11.1/s1. The summed E-state index contributed by atoms with van der Waals surface area (Å²) in [6, 6.07) is 42.0. The second-order valence-electron chi connectivity index (χ2n) is 24.9. The first-order chi connectivity index (χ1) is 42.9. The van der Waals surface area contributed by atoms with Crippen LogP contribution in [0.1, 0.15) is 123 Å². The van der Waals surface area contributed by atoms with Crippen LogP contribution in [-0.2, 0) is 28.7 Å². The number of fused-ring (bicyclic) bond motifs is 12. The molecule has 6 atom stereocenters. The van der Waals surface area contributed by atoms with E-state index in [1.807, 2.05) is 42.5 Å². The zero-order chi connectivity index (χ0) is 60.8. The number of amides is 2. The summed E-state index contributed by atoms with van der Waals surface area (Å²) in [5.74, 6) is 0.679. The van der Waals surface area contributed by atoms with Gasteiger partial charge in [0.2, 0.25) is 0 Å². The fraction of sp³-hybridized carbons (Fsp3) is 0.423. The highest BCUT2D eigenvalue weighted by Crippen LogP contribution is 2.40. The van der Waals surface area contributed by atoms with Crippen molar-refractivity contribution in [2.75, 3.05) is 78.5 Å². The molecule has 0 saturated carbocycles. The van der Waals surface area contributed by atoms with E-state index in [4.69, 9.17) is 14.7 Å². The molecule has 0 aromatic heterocycles. The van der Waals surface area contributed by atoms with Crippen molar-refractivity contribution in [3.05, 3.63) is 212 Å². The number of hydrogen-bond donors (Lipinski definition) is 2. The van der Waals surface area contributed by atoms with Crippen LogP contribution in [0.15, 0.2) is 127 Å². The van der Waals surface area contributed by atoms with Crippen LogP contribution in [0.2, 0.25) is 0 Å². The molecule has 0 spiro atoms. The molecule has 9 fully saturated rings. The van der Waals surface area contributed by atoms with E-state index in [2.05, 4.69) is 38.2 Å². The molecular weight excluding hydrogens is 1120 g/mol. The molecule has 1 unspecified atom stereocenters. The van der Waals surface area contributed by atoms with Gasteiger partial charge < -0.3 is 24.8 Å². The molecule has 18 rings (SSSR count). The Balaban J connectivity index is 0.000000122. The van der Waals surface area contributed by atoms with E-state index in [1.165, 1.54) is 73.5 Å². The highest BCUT2D eigenvalue weighted by Gasteiger charge is 2.42. The van der Waals surface area contributed by atoms with Gasteiger partial charge in [0, 0.05) is 39.3 Å². The molecule has 2 N–H and O–H groups in total. The second-order valence-corrected chi connectivity index (χ2v) is 24.9. The zero-order valence-corrected chi connectivity index (χ0v) is 49.5. The summed E-state index contributed by atoms with van der Waals surface area (Å²) in [5, 5.41) is 40.2. The predicted molar refractivity (Wildman–Crippen MR) is 325 cm³/mol. The highest BCUT2D eigenvalue weighted by atomic mass is 19.1. The van der Waals surface area contributed by atoms with Crippen molar-refractivity contribution in [1.82, 2.24) is 29.8 Å². The molecule has 12 aliphatic heterocycles. The number of nitrogens with zero attached hydrogens (tertiary/aromatic N) is 8. The Hall–Kier alpha value is -8.08. The van der Waals surface area contributed by atoms with E-state index in [0.29, 0.717) is 60.4 Å². The van der Waals surface area contributed by atoms with Crippen LogP contribution < -0.4 is 5.32 Å². The third-order valence-electron chi connectivity index (χ3n) is 19.7. The average Bonchev–Trinajstić information content (AvgIpc) is 2.03. The number of aliphatic hydroxyl groups excluding tert-OH is 1. The van der Waals surface area contributed by atoms with Crippen LogP contribution in [-0.4, -0.2) is 139 Å². The van der Waals surface area contributed by atoms with Gasteiger partial charge in [-0.1, -0.05) is 54.6 Å². The topological polar surface area (TPSA) is 172 Å². The van der Waals surface area contributed by atoms with Crippen LogP contribution in [0.4, 0.5) is 22.8 Å². The van der Waals surface area contributed by atoms with E-state index < -0.39 is 0 Å². The van der Waals surface area contributed by atoms with Crippen molar-refractivity contribution in [3.8, 4) is 18.2 Å². The molecule has 9 saturated heterocycles. The van der Waals surface area contributed by atoms with Gasteiger partial charge in [0.15, 0.2) is 0 Å². The van der Waals surface area contributed by atoms with Crippen LogP contribution in [0, 0.1) is 69.2 Å². The van der Waals surface area contributed by atoms with Crippen LogP contribution in [0.25, 0.3) is 0 Å². The number of nitrogens with one attached hydrogen (secondary N) is 1. The molecular formula is C71H74F3N9O5. The molecule has 0 aliphatic carbocycles. The molecule has 0 radical (unpaired) electrons. The van der Waals surface area contributed by atoms with Crippen molar-refractivity contribution < 1.29 is 37.3 Å². The summed E-state index contributed by atoms with van der Waals surface area (Å²) in [7, 11) is 0. The van der Waals surface area contributed by atoms with E-state index >= 15 is 0 Å². The van der Waals surface area contributed by atoms with Crippen molar-refractivity contribution in [2.24, 2.45) is 17.8 Å². The Bertz CT molecular complexity index is 3420. The first-order valence-corrected chi connectivity index (χ1v) is 31.3. The third-order valence-corrected chi connectivity index (χ3v) is 19.7.